The lowest BCUT2D eigenvalue weighted by Gasteiger charge is -2.10. The van der Waals surface area contributed by atoms with Crippen molar-refractivity contribution >= 4 is 11.6 Å². The van der Waals surface area contributed by atoms with Crippen LogP contribution in [0.3, 0.4) is 0 Å². The van der Waals surface area contributed by atoms with Crippen molar-refractivity contribution in [2.45, 2.75) is 32.7 Å². The lowest BCUT2D eigenvalue weighted by atomic mass is 10.2. The third-order valence-corrected chi connectivity index (χ3v) is 4.74. The minimum Gasteiger partial charge on any atom is -0.484 e. The van der Waals surface area contributed by atoms with Gasteiger partial charge < -0.3 is 10.1 Å². The second-order valence-corrected chi connectivity index (χ2v) is 7.01. The Bertz CT molecular complexity index is 925. The summed E-state index contributed by atoms with van der Waals surface area (Å²) in [5.74, 6) is 0.187. The second-order valence-electron chi connectivity index (χ2n) is 6.65. The molecule has 8 heteroatoms. The lowest BCUT2D eigenvalue weighted by Crippen LogP contribution is -2.19. The second kappa shape index (κ2) is 9.33. The predicted octanol–water partition coefficient (Wildman–Crippen LogP) is 5.12. The number of rotatable bonds is 8. The minimum atomic E-state index is -4.34. The molecule has 0 fully saturated rings. The molecule has 0 saturated carbocycles. The van der Waals surface area contributed by atoms with Crippen LogP contribution < -0.4 is 10.1 Å². The van der Waals surface area contributed by atoms with E-state index in [4.69, 9.17) is 16.3 Å². The van der Waals surface area contributed by atoms with Crippen molar-refractivity contribution in [3.05, 3.63) is 82.1 Å². The molecule has 0 aliphatic rings. The van der Waals surface area contributed by atoms with Crippen LogP contribution in [0.2, 0.25) is 5.15 Å². The van der Waals surface area contributed by atoms with E-state index in [2.05, 4.69) is 10.4 Å². The van der Waals surface area contributed by atoms with Gasteiger partial charge in [-0.2, -0.15) is 18.3 Å². The highest BCUT2D eigenvalue weighted by Crippen LogP contribution is 2.22. The van der Waals surface area contributed by atoms with Crippen LogP contribution in [0, 0.1) is 6.92 Å². The zero-order chi connectivity index (χ0) is 20.9. The predicted molar refractivity (Wildman–Crippen MR) is 106 cm³/mol. The van der Waals surface area contributed by atoms with Crippen molar-refractivity contribution in [1.82, 2.24) is 15.1 Å². The van der Waals surface area contributed by atoms with Crippen LogP contribution in [0.1, 0.15) is 22.4 Å². The zero-order valence-corrected chi connectivity index (χ0v) is 16.6. The SMILES string of the molecule is Cc1nn(Cc2ccccc2)c(Cl)c1CNCc1ccc(OCC(F)(F)F)cc1. The summed E-state index contributed by atoms with van der Waals surface area (Å²) in [5, 5.41) is 8.41. The molecule has 3 rings (SSSR count). The zero-order valence-electron chi connectivity index (χ0n) is 15.8. The fourth-order valence-electron chi connectivity index (χ4n) is 2.85. The average molecular weight is 424 g/mol. The number of hydrogen-bond donors (Lipinski definition) is 1. The maximum absolute atomic E-state index is 12.2. The van der Waals surface area contributed by atoms with Gasteiger partial charge in [-0.15, -0.1) is 0 Å². The Morgan fingerprint density at radius 1 is 1.00 bits per heavy atom. The van der Waals surface area contributed by atoms with E-state index >= 15 is 0 Å². The van der Waals surface area contributed by atoms with E-state index in [0.717, 1.165) is 22.4 Å². The van der Waals surface area contributed by atoms with Crippen LogP contribution in [-0.2, 0) is 19.6 Å². The third-order valence-electron chi connectivity index (χ3n) is 4.31. The Labute approximate surface area is 172 Å². The van der Waals surface area contributed by atoms with Crippen LogP contribution >= 0.6 is 11.6 Å². The summed E-state index contributed by atoms with van der Waals surface area (Å²) in [4.78, 5) is 0. The van der Waals surface area contributed by atoms with E-state index in [-0.39, 0.29) is 5.75 Å². The maximum atomic E-state index is 12.2. The van der Waals surface area contributed by atoms with Gasteiger partial charge in [-0.3, -0.25) is 0 Å². The average Bonchev–Trinajstić information content (AvgIpc) is 2.95. The normalized spacial score (nSPS) is 11.6. The van der Waals surface area contributed by atoms with Gasteiger partial charge in [0.25, 0.3) is 0 Å². The Balaban J connectivity index is 1.54. The van der Waals surface area contributed by atoms with E-state index in [1.54, 1.807) is 16.8 Å². The largest absolute Gasteiger partial charge is 0.484 e. The number of alkyl halides is 3. The molecule has 0 atom stereocenters. The molecule has 0 aliphatic heterocycles. The molecule has 1 heterocycles. The van der Waals surface area contributed by atoms with Gasteiger partial charge in [0, 0.05) is 18.7 Å². The van der Waals surface area contributed by atoms with Gasteiger partial charge >= 0.3 is 6.18 Å². The van der Waals surface area contributed by atoms with Gasteiger partial charge in [0.1, 0.15) is 10.9 Å². The van der Waals surface area contributed by atoms with E-state index in [1.807, 2.05) is 37.3 Å². The van der Waals surface area contributed by atoms with Gasteiger partial charge in [0.05, 0.1) is 12.2 Å². The lowest BCUT2D eigenvalue weighted by molar-refractivity contribution is -0.153. The summed E-state index contributed by atoms with van der Waals surface area (Å²) in [5.41, 5.74) is 3.82. The third kappa shape index (κ3) is 6.24. The fourth-order valence-corrected chi connectivity index (χ4v) is 3.15. The molecule has 1 aromatic heterocycles. The Morgan fingerprint density at radius 3 is 2.34 bits per heavy atom. The highest BCUT2D eigenvalue weighted by Gasteiger charge is 2.28. The van der Waals surface area contributed by atoms with Crippen LogP contribution in [0.25, 0.3) is 0 Å². The number of aryl methyl sites for hydroxylation is 1. The number of halogens is 4. The molecule has 0 bridgehead atoms. The van der Waals surface area contributed by atoms with Crippen LogP contribution in [0.5, 0.6) is 5.75 Å². The first-order valence-electron chi connectivity index (χ1n) is 9.07. The summed E-state index contributed by atoms with van der Waals surface area (Å²) < 4.78 is 43.0. The number of benzene rings is 2. The van der Waals surface area contributed by atoms with Crippen molar-refractivity contribution in [2.75, 3.05) is 6.61 Å². The summed E-state index contributed by atoms with van der Waals surface area (Å²) >= 11 is 6.51. The Hall–Kier alpha value is -2.51. The highest BCUT2D eigenvalue weighted by atomic mass is 35.5. The molecular weight excluding hydrogens is 403 g/mol. The summed E-state index contributed by atoms with van der Waals surface area (Å²) in [7, 11) is 0. The van der Waals surface area contributed by atoms with Crippen molar-refractivity contribution in [2.24, 2.45) is 0 Å². The van der Waals surface area contributed by atoms with Crippen LogP contribution in [0.4, 0.5) is 13.2 Å². The summed E-state index contributed by atoms with van der Waals surface area (Å²) in [6, 6.07) is 16.5. The number of hydrogen-bond acceptors (Lipinski definition) is 3. The van der Waals surface area contributed by atoms with Gasteiger partial charge in [0.15, 0.2) is 6.61 Å². The summed E-state index contributed by atoms with van der Waals surface area (Å²) in [6.07, 6.45) is -4.34. The van der Waals surface area contributed by atoms with Crippen molar-refractivity contribution < 1.29 is 17.9 Å². The Morgan fingerprint density at radius 2 is 1.69 bits per heavy atom. The first kappa shape index (κ1) is 21.2. The van der Waals surface area contributed by atoms with E-state index in [9.17, 15) is 13.2 Å². The molecule has 2 aromatic carbocycles. The molecule has 1 N–H and O–H groups in total. The van der Waals surface area contributed by atoms with E-state index in [1.165, 1.54) is 12.1 Å². The number of nitrogens with one attached hydrogen (secondary N) is 1. The molecule has 154 valence electrons. The standard InChI is InChI=1S/C21H21ClF3N3O/c1-15-19(20(22)28(27-15)13-17-5-3-2-4-6-17)12-26-11-16-7-9-18(10-8-16)29-14-21(23,24)25/h2-10,26H,11-14H2,1H3. The van der Waals surface area contributed by atoms with Gasteiger partial charge in [-0.05, 0) is 30.2 Å². The maximum Gasteiger partial charge on any atom is 0.422 e. The smallest absolute Gasteiger partial charge is 0.422 e. The fraction of sp³-hybridized carbons (Fsp3) is 0.286. The van der Waals surface area contributed by atoms with Gasteiger partial charge in [-0.25, -0.2) is 4.68 Å². The van der Waals surface area contributed by atoms with Gasteiger partial charge in [-0.1, -0.05) is 54.1 Å². The molecule has 0 saturated heterocycles. The number of aromatic nitrogens is 2. The Kier molecular flexibility index (Phi) is 6.82. The van der Waals surface area contributed by atoms with Crippen LogP contribution in [-0.4, -0.2) is 22.6 Å². The molecule has 29 heavy (non-hydrogen) atoms. The molecule has 0 aliphatic carbocycles. The number of ether oxygens (including phenoxy) is 1. The van der Waals surface area contributed by atoms with Crippen molar-refractivity contribution in [3.63, 3.8) is 0 Å². The molecule has 3 aromatic rings. The molecule has 4 nitrogen and oxygen atoms in total. The molecule has 0 unspecified atom stereocenters. The highest BCUT2D eigenvalue weighted by molar-refractivity contribution is 6.30. The minimum absolute atomic E-state index is 0.187. The molecule has 0 radical (unpaired) electrons. The van der Waals surface area contributed by atoms with Crippen molar-refractivity contribution in [1.29, 1.82) is 0 Å². The van der Waals surface area contributed by atoms with Gasteiger partial charge in [0.2, 0.25) is 0 Å². The molecular formula is C21H21ClF3N3O. The molecule has 0 spiro atoms. The summed E-state index contributed by atoms with van der Waals surface area (Å²) in [6.45, 7) is 2.29. The molecule has 0 amide bonds. The number of nitrogens with zero attached hydrogens (tertiary/aromatic N) is 2. The first-order valence-corrected chi connectivity index (χ1v) is 9.44. The van der Waals surface area contributed by atoms with E-state index < -0.39 is 12.8 Å². The quantitative estimate of drug-likeness (QED) is 0.546. The topological polar surface area (TPSA) is 39.1 Å². The monoisotopic (exact) mass is 423 g/mol. The van der Waals surface area contributed by atoms with Crippen molar-refractivity contribution in [3.8, 4) is 5.75 Å². The van der Waals surface area contributed by atoms with Crippen LogP contribution in [0.15, 0.2) is 54.6 Å². The van der Waals surface area contributed by atoms with E-state index in [0.29, 0.717) is 24.8 Å². The first-order chi connectivity index (χ1) is 13.8.